The normalized spacial score (nSPS) is 24.3. The van der Waals surface area contributed by atoms with E-state index < -0.39 is 29.6 Å². The minimum atomic E-state index is -1.12. The van der Waals surface area contributed by atoms with Crippen LogP contribution in [0.25, 0.3) is 0 Å². The molecular formula is C31H40FNO6. The minimum absolute atomic E-state index is 0.0620. The number of carbonyl (C=O) groups excluding carboxylic acids is 1. The molecular weight excluding hydrogens is 501 g/mol. The van der Waals surface area contributed by atoms with E-state index in [9.17, 15) is 24.2 Å². The van der Waals surface area contributed by atoms with Gasteiger partial charge in [-0.1, -0.05) is 12.1 Å². The van der Waals surface area contributed by atoms with Gasteiger partial charge >= 0.3 is 5.97 Å². The van der Waals surface area contributed by atoms with Gasteiger partial charge in [0.2, 0.25) is 0 Å². The maximum absolute atomic E-state index is 13.6. The van der Waals surface area contributed by atoms with Crippen LogP contribution in [0.4, 0.5) is 4.39 Å². The first kappa shape index (κ1) is 29.0. The van der Waals surface area contributed by atoms with E-state index >= 15 is 0 Å². The first-order valence-electron chi connectivity index (χ1n) is 13.8. The van der Waals surface area contributed by atoms with Crippen LogP contribution in [0.1, 0.15) is 87.4 Å². The van der Waals surface area contributed by atoms with Crippen molar-refractivity contribution in [1.29, 1.82) is 0 Å². The zero-order chi connectivity index (χ0) is 28.4. The number of rotatable bonds is 10. The molecule has 7 nitrogen and oxygen atoms in total. The fraction of sp³-hybridized carbons (Fsp3) is 0.548. The van der Waals surface area contributed by atoms with Crippen LogP contribution in [0, 0.1) is 11.7 Å². The summed E-state index contributed by atoms with van der Waals surface area (Å²) in [4.78, 5) is 26.4. The number of hydrogen-bond acceptors (Lipinski definition) is 5. The van der Waals surface area contributed by atoms with Gasteiger partial charge < -0.3 is 24.6 Å². The highest BCUT2D eigenvalue weighted by molar-refractivity contribution is 5.96. The third-order valence-corrected chi connectivity index (χ3v) is 7.95. The van der Waals surface area contributed by atoms with Gasteiger partial charge in [-0.05, 0) is 102 Å². The van der Waals surface area contributed by atoms with Crippen LogP contribution in [-0.4, -0.2) is 57.4 Å². The Morgan fingerprint density at radius 2 is 1.95 bits per heavy atom. The predicted octanol–water partition coefficient (Wildman–Crippen LogP) is 5.54. The van der Waals surface area contributed by atoms with Crippen LogP contribution in [0.5, 0.6) is 5.75 Å². The van der Waals surface area contributed by atoms with Crippen molar-refractivity contribution in [2.24, 2.45) is 5.92 Å². The largest absolute Gasteiger partial charge is 0.487 e. The molecule has 1 saturated heterocycles. The maximum Gasteiger partial charge on any atom is 0.323 e. The highest BCUT2D eigenvalue weighted by atomic mass is 19.1. The number of ether oxygens (including phenoxy) is 2. The third kappa shape index (κ3) is 7.17. The molecule has 2 aromatic rings. The van der Waals surface area contributed by atoms with Crippen molar-refractivity contribution in [3.8, 4) is 5.75 Å². The summed E-state index contributed by atoms with van der Waals surface area (Å²) in [5, 5.41) is 19.7. The lowest BCUT2D eigenvalue weighted by Gasteiger charge is -2.50. The second kappa shape index (κ2) is 11.6. The first-order chi connectivity index (χ1) is 18.3. The minimum Gasteiger partial charge on any atom is -0.487 e. The molecule has 0 saturated carbocycles. The van der Waals surface area contributed by atoms with Gasteiger partial charge in [0, 0.05) is 23.6 Å². The Kier molecular flexibility index (Phi) is 8.66. The standard InChI is InChI=1S/C31H40FNO6/c1-20-9-11-25-28(38-20)24-18-22(10-12-26(24)39-31(25,4)15-6-14-30(2,3)37)29(36)33(19-27(34)35)16-13-21-7-5-8-23(32)17-21/h5,7-8,10,12,17-18,20,25,28,37H,6,9,11,13-16,19H2,1-4H3,(H,34,35)/t20-,25-,28+,31+/m1/s1. The van der Waals surface area contributed by atoms with Crippen LogP contribution in [0.15, 0.2) is 42.5 Å². The van der Waals surface area contributed by atoms with E-state index in [1.54, 1.807) is 30.3 Å². The number of aliphatic carboxylic acids is 1. The van der Waals surface area contributed by atoms with Crippen molar-refractivity contribution in [1.82, 2.24) is 4.90 Å². The fourth-order valence-electron chi connectivity index (χ4n) is 5.88. The molecule has 1 amide bonds. The summed E-state index contributed by atoms with van der Waals surface area (Å²) in [5.74, 6) is -1.15. The smallest absolute Gasteiger partial charge is 0.323 e. The van der Waals surface area contributed by atoms with Gasteiger partial charge in [-0.3, -0.25) is 9.59 Å². The quantitative estimate of drug-likeness (QED) is 0.410. The molecule has 2 aromatic carbocycles. The zero-order valence-corrected chi connectivity index (χ0v) is 23.3. The average molecular weight is 542 g/mol. The third-order valence-electron chi connectivity index (χ3n) is 7.95. The van der Waals surface area contributed by atoms with Crippen LogP contribution < -0.4 is 4.74 Å². The number of carboxylic acids is 1. The molecule has 4 atom stereocenters. The Morgan fingerprint density at radius 3 is 2.64 bits per heavy atom. The number of carboxylic acid groups (broad SMARTS) is 1. The lowest BCUT2D eigenvalue weighted by molar-refractivity contribution is -0.153. The summed E-state index contributed by atoms with van der Waals surface area (Å²) in [7, 11) is 0. The zero-order valence-electron chi connectivity index (χ0n) is 23.3. The van der Waals surface area contributed by atoms with Gasteiger partial charge in [0.05, 0.1) is 17.8 Å². The number of aliphatic hydroxyl groups is 1. The monoisotopic (exact) mass is 541 g/mol. The predicted molar refractivity (Wildman–Crippen MR) is 145 cm³/mol. The second-order valence-electron chi connectivity index (χ2n) is 11.9. The molecule has 2 aliphatic heterocycles. The molecule has 0 aromatic heterocycles. The number of halogens is 1. The Morgan fingerprint density at radius 1 is 1.18 bits per heavy atom. The molecule has 2 N–H and O–H groups in total. The van der Waals surface area contributed by atoms with E-state index in [-0.39, 0.29) is 30.5 Å². The van der Waals surface area contributed by atoms with Crippen LogP contribution in [-0.2, 0) is 16.0 Å². The van der Waals surface area contributed by atoms with Crippen molar-refractivity contribution < 1.29 is 33.7 Å². The Labute approximate surface area is 229 Å². The lowest BCUT2D eigenvalue weighted by atomic mass is 9.72. The van der Waals surface area contributed by atoms with Crippen LogP contribution in [0.3, 0.4) is 0 Å². The lowest BCUT2D eigenvalue weighted by Crippen LogP contribution is -2.50. The van der Waals surface area contributed by atoms with Gasteiger partial charge in [0.25, 0.3) is 5.91 Å². The van der Waals surface area contributed by atoms with Gasteiger partial charge in [0.1, 0.15) is 23.7 Å². The summed E-state index contributed by atoms with van der Waals surface area (Å²) in [5.41, 5.74) is 0.635. The maximum atomic E-state index is 13.6. The van der Waals surface area contributed by atoms with Crippen molar-refractivity contribution in [2.75, 3.05) is 13.1 Å². The van der Waals surface area contributed by atoms with Gasteiger partial charge in [-0.25, -0.2) is 4.39 Å². The number of benzene rings is 2. The molecule has 0 spiro atoms. The topological polar surface area (TPSA) is 96.3 Å². The molecule has 39 heavy (non-hydrogen) atoms. The highest BCUT2D eigenvalue weighted by Crippen LogP contribution is 2.52. The first-order valence-corrected chi connectivity index (χ1v) is 13.8. The molecule has 8 heteroatoms. The number of carbonyl (C=O) groups is 2. The average Bonchev–Trinajstić information content (AvgIpc) is 2.85. The Bertz CT molecular complexity index is 1190. The van der Waals surface area contributed by atoms with Crippen molar-refractivity contribution in [3.63, 3.8) is 0 Å². The number of fused-ring (bicyclic) bond motifs is 3. The Hall–Kier alpha value is -2.97. The van der Waals surface area contributed by atoms with Crippen molar-refractivity contribution >= 4 is 11.9 Å². The fourth-order valence-corrected chi connectivity index (χ4v) is 5.88. The second-order valence-corrected chi connectivity index (χ2v) is 11.9. The molecule has 4 rings (SSSR count). The van der Waals surface area contributed by atoms with E-state index in [0.29, 0.717) is 29.7 Å². The van der Waals surface area contributed by atoms with E-state index in [0.717, 1.165) is 31.2 Å². The number of amides is 1. The molecule has 212 valence electrons. The van der Waals surface area contributed by atoms with E-state index in [4.69, 9.17) is 9.47 Å². The van der Waals surface area contributed by atoms with E-state index in [1.807, 2.05) is 20.8 Å². The summed E-state index contributed by atoms with van der Waals surface area (Å²) in [6.07, 6.45) is 4.20. The molecule has 1 fully saturated rings. The van der Waals surface area contributed by atoms with Gasteiger partial charge in [-0.15, -0.1) is 0 Å². The number of hydrogen-bond donors (Lipinski definition) is 2. The van der Waals surface area contributed by atoms with Crippen molar-refractivity contribution in [2.45, 2.75) is 89.6 Å². The molecule has 0 bridgehead atoms. The summed E-state index contributed by atoms with van der Waals surface area (Å²) in [6.45, 7) is 7.46. The van der Waals surface area contributed by atoms with E-state index in [1.165, 1.54) is 17.0 Å². The number of nitrogens with zero attached hydrogens (tertiary/aromatic N) is 1. The molecule has 0 aliphatic carbocycles. The molecule has 2 heterocycles. The molecule has 2 aliphatic rings. The summed E-state index contributed by atoms with van der Waals surface area (Å²) in [6, 6.07) is 11.3. The van der Waals surface area contributed by atoms with Gasteiger partial charge in [-0.2, -0.15) is 0 Å². The molecule has 0 unspecified atom stereocenters. The summed E-state index contributed by atoms with van der Waals surface area (Å²) >= 11 is 0. The highest BCUT2D eigenvalue weighted by Gasteiger charge is 2.49. The van der Waals surface area contributed by atoms with Crippen LogP contribution >= 0.6 is 0 Å². The summed E-state index contributed by atoms with van der Waals surface area (Å²) < 4.78 is 26.7. The van der Waals surface area contributed by atoms with E-state index in [2.05, 4.69) is 6.92 Å². The molecule has 0 radical (unpaired) electrons. The Balaban J connectivity index is 1.58. The SMILES string of the molecule is C[C@@H]1CC[C@@H]2[C@@H](O1)c1cc(C(=O)N(CCc3cccc(F)c3)CC(=O)O)ccc1O[C@@]2(C)CCCC(C)(C)O. The van der Waals surface area contributed by atoms with Gasteiger partial charge in [0.15, 0.2) is 0 Å². The van der Waals surface area contributed by atoms with Crippen LogP contribution in [0.2, 0.25) is 0 Å². The van der Waals surface area contributed by atoms with Crippen molar-refractivity contribution in [3.05, 3.63) is 65.0 Å².